The zero-order chi connectivity index (χ0) is 17.7. The number of halogens is 3. The first-order valence-corrected chi connectivity index (χ1v) is 7.45. The quantitative estimate of drug-likeness (QED) is 0.813. The van der Waals surface area contributed by atoms with Gasteiger partial charge in [0, 0.05) is 23.9 Å². The fraction of sp³-hybridized carbons (Fsp3) is 0.375. The highest BCUT2D eigenvalue weighted by Crippen LogP contribution is 2.31. The number of alkyl halides is 3. The molecule has 2 N–H and O–H groups in total. The van der Waals surface area contributed by atoms with Crippen LogP contribution in [0.4, 0.5) is 30.6 Å². The molecule has 1 atom stereocenters. The van der Waals surface area contributed by atoms with E-state index in [-0.39, 0.29) is 17.8 Å². The molecule has 0 amide bonds. The fourth-order valence-electron chi connectivity index (χ4n) is 1.89. The topological polar surface area (TPSA) is 59.1 Å². The second-order valence-corrected chi connectivity index (χ2v) is 5.27. The number of hydrogen-bond acceptors (Lipinski definition) is 5. The molecule has 0 unspecified atom stereocenters. The summed E-state index contributed by atoms with van der Waals surface area (Å²) in [7, 11) is 1.51. The maximum absolute atomic E-state index is 13.1. The Morgan fingerprint density at radius 1 is 1.21 bits per heavy atom. The third-order valence-electron chi connectivity index (χ3n) is 3.35. The summed E-state index contributed by atoms with van der Waals surface area (Å²) in [4.78, 5) is 7.67. The molecule has 1 heterocycles. The number of hydrogen-bond donors (Lipinski definition) is 2. The van der Waals surface area contributed by atoms with Crippen LogP contribution in [-0.4, -0.2) is 23.1 Å². The van der Waals surface area contributed by atoms with Gasteiger partial charge in [0.2, 0.25) is 5.95 Å². The normalized spacial score (nSPS) is 12.6. The Morgan fingerprint density at radius 2 is 1.96 bits per heavy atom. The molecule has 0 saturated carbocycles. The van der Waals surface area contributed by atoms with Crippen LogP contribution in [0.2, 0.25) is 0 Å². The molecule has 1 aromatic carbocycles. The summed E-state index contributed by atoms with van der Waals surface area (Å²) >= 11 is 0. The molecule has 1 aromatic heterocycles. The zero-order valence-corrected chi connectivity index (χ0v) is 13.6. The van der Waals surface area contributed by atoms with Crippen molar-refractivity contribution < 1.29 is 17.9 Å². The van der Waals surface area contributed by atoms with E-state index in [0.717, 1.165) is 12.5 Å². The number of nitrogens with zero attached hydrogens (tertiary/aromatic N) is 2. The molecule has 130 valence electrons. The molecule has 0 radical (unpaired) electrons. The van der Waals surface area contributed by atoms with Crippen LogP contribution in [0.1, 0.15) is 26.0 Å². The third-order valence-corrected chi connectivity index (χ3v) is 3.35. The minimum Gasteiger partial charge on any atom is -0.497 e. The molecule has 0 saturated heterocycles. The second-order valence-electron chi connectivity index (χ2n) is 5.27. The largest absolute Gasteiger partial charge is 0.497 e. The monoisotopic (exact) mass is 340 g/mol. The van der Waals surface area contributed by atoms with E-state index < -0.39 is 11.9 Å². The van der Waals surface area contributed by atoms with Gasteiger partial charge in [0.25, 0.3) is 0 Å². The van der Waals surface area contributed by atoms with Crippen molar-refractivity contribution in [3.8, 4) is 5.75 Å². The van der Waals surface area contributed by atoms with Crippen LogP contribution < -0.4 is 15.4 Å². The van der Waals surface area contributed by atoms with E-state index in [9.17, 15) is 13.2 Å². The molecule has 0 bridgehead atoms. The Bertz CT molecular complexity index is 691. The highest BCUT2D eigenvalue weighted by Gasteiger charge is 2.33. The van der Waals surface area contributed by atoms with Crippen molar-refractivity contribution >= 4 is 17.5 Å². The first kappa shape index (κ1) is 17.8. The maximum atomic E-state index is 13.1. The van der Waals surface area contributed by atoms with Gasteiger partial charge in [-0.05, 0) is 25.5 Å². The van der Waals surface area contributed by atoms with Crippen LogP contribution in [0.3, 0.4) is 0 Å². The van der Waals surface area contributed by atoms with Crippen molar-refractivity contribution in [2.45, 2.75) is 32.5 Å². The van der Waals surface area contributed by atoms with Gasteiger partial charge in [0.05, 0.1) is 7.11 Å². The fourth-order valence-corrected chi connectivity index (χ4v) is 1.89. The number of aromatic nitrogens is 2. The van der Waals surface area contributed by atoms with E-state index in [1.807, 2.05) is 13.8 Å². The van der Waals surface area contributed by atoms with Crippen molar-refractivity contribution in [2.75, 3.05) is 17.7 Å². The molecule has 5 nitrogen and oxygen atoms in total. The standard InChI is InChI=1S/C16H19F3N4O/c1-4-10(2)20-15-22-13(16(17,18)19)9-14(23-15)21-11-6-5-7-12(8-11)24-3/h5-10H,4H2,1-3H3,(H2,20,21,22,23)/t10-/m0/s1. The lowest BCUT2D eigenvalue weighted by atomic mass is 10.2. The Hall–Kier alpha value is -2.51. The maximum Gasteiger partial charge on any atom is 0.433 e. The van der Waals surface area contributed by atoms with E-state index in [4.69, 9.17) is 4.74 Å². The molecule has 24 heavy (non-hydrogen) atoms. The van der Waals surface area contributed by atoms with Gasteiger partial charge in [-0.25, -0.2) is 4.98 Å². The number of nitrogens with one attached hydrogen (secondary N) is 2. The summed E-state index contributed by atoms with van der Waals surface area (Å²) in [5, 5.41) is 5.72. The van der Waals surface area contributed by atoms with Crippen LogP contribution in [0.25, 0.3) is 0 Å². The number of benzene rings is 1. The highest BCUT2D eigenvalue weighted by molar-refractivity contribution is 5.59. The Morgan fingerprint density at radius 3 is 2.58 bits per heavy atom. The number of anilines is 3. The molecule has 0 spiro atoms. The van der Waals surface area contributed by atoms with Gasteiger partial charge in [-0.2, -0.15) is 18.2 Å². The van der Waals surface area contributed by atoms with Crippen molar-refractivity contribution in [2.24, 2.45) is 0 Å². The SMILES string of the molecule is CC[C@H](C)Nc1nc(Nc2cccc(OC)c2)cc(C(F)(F)F)n1. The third kappa shape index (κ3) is 4.74. The lowest BCUT2D eigenvalue weighted by Gasteiger charge is -2.15. The van der Waals surface area contributed by atoms with Gasteiger partial charge in [-0.1, -0.05) is 13.0 Å². The van der Waals surface area contributed by atoms with E-state index in [1.165, 1.54) is 7.11 Å². The average Bonchev–Trinajstić information content (AvgIpc) is 2.53. The van der Waals surface area contributed by atoms with Crippen LogP contribution in [-0.2, 0) is 6.18 Å². The average molecular weight is 340 g/mol. The zero-order valence-electron chi connectivity index (χ0n) is 13.6. The minimum absolute atomic E-state index is 0.0434. The molecular formula is C16H19F3N4O. The van der Waals surface area contributed by atoms with E-state index in [0.29, 0.717) is 11.4 Å². The Balaban J connectivity index is 2.34. The predicted octanol–water partition coefficient (Wildman–Crippen LogP) is 4.46. The first-order chi connectivity index (χ1) is 11.3. The molecule has 0 fully saturated rings. The van der Waals surface area contributed by atoms with E-state index in [2.05, 4.69) is 20.6 Å². The van der Waals surface area contributed by atoms with Gasteiger partial charge >= 0.3 is 6.18 Å². The van der Waals surface area contributed by atoms with E-state index in [1.54, 1.807) is 24.3 Å². The van der Waals surface area contributed by atoms with Crippen LogP contribution in [0, 0.1) is 0 Å². The summed E-state index contributed by atoms with van der Waals surface area (Å²) in [5.74, 6) is 0.573. The van der Waals surface area contributed by atoms with Gasteiger partial charge in [0.15, 0.2) is 5.69 Å². The summed E-state index contributed by atoms with van der Waals surface area (Å²) in [5.41, 5.74) is -0.440. The number of ether oxygens (including phenoxy) is 1. The van der Waals surface area contributed by atoms with Crippen LogP contribution >= 0.6 is 0 Å². The molecular weight excluding hydrogens is 321 g/mol. The Kier molecular flexibility index (Phi) is 5.48. The molecule has 2 rings (SSSR count). The lowest BCUT2D eigenvalue weighted by Crippen LogP contribution is -2.18. The van der Waals surface area contributed by atoms with Crippen molar-refractivity contribution in [3.05, 3.63) is 36.0 Å². The summed E-state index contributed by atoms with van der Waals surface area (Å²) < 4.78 is 44.3. The lowest BCUT2D eigenvalue weighted by molar-refractivity contribution is -0.141. The Labute approximate surface area is 138 Å². The second kappa shape index (κ2) is 7.37. The summed E-state index contributed by atoms with van der Waals surface area (Å²) in [6.45, 7) is 3.76. The smallest absolute Gasteiger partial charge is 0.433 e. The molecule has 0 aliphatic heterocycles. The van der Waals surface area contributed by atoms with Gasteiger partial charge < -0.3 is 15.4 Å². The summed E-state index contributed by atoms with van der Waals surface area (Å²) in [6.07, 6.45) is -3.82. The van der Waals surface area contributed by atoms with Crippen LogP contribution in [0.15, 0.2) is 30.3 Å². The van der Waals surface area contributed by atoms with Crippen molar-refractivity contribution in [3.63, 3.8) is 0 Å². The highest BCUT2D eigenvalue weighted by atomic mass is 19.4. The van der Waals surface area contributed by atoms with Crippen molar-refractivity contribution in [1.82, 2.24) is 9.97 Å². The predicted molar refractivity (Wildman–Crippen MR) is 86.7 cm³/mol. The van der Waals surface area contributed by atoms with Gasteiger partial charge in [-0.15, -0.1) is 0 Å². The summed E-state index contributed by atoms with van der Waals surface area (Å²) in [6, 6.07) is 7.67. The van der Waals surface area contributed by atoms with E-state index >= 15 is 0 Å². The number of rotatable bonds is 6. The van der Waals surface area contributed by atoms with Crippen molar-refractivity contribution in [1.29, 1.82) is 0 Å². The molecule has 0 aliphatic carbocycles. The van der Waals surface area contributed by atoms with Gasteiger partial charge in [-0.3, -0.25) is 0 Å². The minimum atomic E-state index is -4.56. The number of methoxy groups -OCH3 is 1. The first-order valence-electron chi connectivity index (χ1n) is 7.45. The molecule has 2 aromatic rings. The molecule has 0 aliphatic rings. The van der Waals surface area contributed by atoms with Gasteiger partial charge in [0.1, 0.15) is 11.6 Å². The molecule has 8 heteroatoms. The van der Waals surface area contributed by atoms with Crippen LogP contribution in [0.5, 0.6) is 5.75 Å².